The van der Waals surface area contributed by atoms with Gasteiger partial charge in [0.25, 0.3) is 0 Å². The van der Waals surface area contributed by atoms with Crippen LogP contribution < -0.4 is 5.32 Å². The fraction of sp³-hybridized carbons (Fsp3) is 0.562. The Kier molecular flexibility index (Phi) is 6.49. The molecule has 21 heavy (non-hydrogen) atoms. The van der Waals surface area contributed by atoms with Gasteiger partial charge in [-0.1, -0.05) is 23.7 Å². The lowest BCUT2D eigenvalue weighted by atomic mass is 10.1. The molecule has 1 aromatic rings. The van der Waals surface area contributed by atoms with Gasteiger partial charge in [0.1, 0.15) is 0 Å². The number of aliphatic hydroxyl groups excluding tert-OH is 1. The fourth-order valence-electron chi connectivity index (χ4n) is 2.57. The number of halogens is 1. The summed E-state index contributed by atoms with van der Waals surface area (Å²) in [5.41, 5.74) is 0.935. The highest BCUT2D eigenvalue weighted by atomic mass is 35.5. The molecule has 1 heterocycles. The number of hydrogen-bond donors (Lipinski definition) is 2. The number of hydrogen-bond acceptors (Lipinski definition) is 3. The summed E-state index contributed by atoms with van der Waals surface area (Å²) in [6.45, 7) is 3.58. The number of rotatable bonds is 6. The van der Waals surface area contributed by atoms with Gasteiger partial charge in [0.05, 0.1) is 12.5 Å². The predicted octanol–water partition coefficient (Wildman–Crippen LogP) is 1.85. The first kappa shape index (κ1) is 16.3. The molecule has 0 bridgehead atoms. The van der Waals surface area contributed by atoms with Crippen molar-refractivity contribution in [3.8, 4) is 0 Å². The number of carbonyl (C=O) groups is 1. The van der Waals surface area contributed by atoms with Gasteiger partial charge in [-0.25, -0.2) is 0 Å². The van der Waals surface area contributed by atoms with Crippen molar-refractivity contribution in [1.29, 1.82) is 0 Å². The van der Waals surface area contributed by atoms with Gasteiger partial charge in [0, 0.05) is 24.7 Å². The molecule has 4 nitrogen and oxygen atoms in total. The number of piperidine rings is 1. The van der Waals surface area contributed by atoms with Gasteiger partial charge in [0.2, 0.25) is 5.91 Å². The zero-order valence-electron chi connectivity index (χ0n) is 12.2. The second kappa shape index (κ2) is 8.37. The summed E-state index contributed by atoms with van der Waals surface area (Å²) in [6.07, 6.45) is 2.91. The van der Waals surface area contributed by atoms with Crippen LogP contribution in [-0.2, 0) is 11.2 Å². The van der Waals surface area contributed by atoms with E-state index in [1.165, 1.54) is 0 Å². The van der Waals surface area contributed by atoms with Crippen molar-refractivity contribution in [2.24, 2.45) is 0 Å². The maximum atomic E-state index is 11.8. The summed E-state index contributed by atoms with van der Waals surface area (Å²) in [4.78, 5) is 14.2. The van der Waals surface area contributed by atoms with Gasteiger partial charge in [-0.05, 0) is 43.5 Å². The average molecular weight is 311 g/mol. The summed E-state index contributed by atoms with van der Waals surface area (Å²) in [6, 6.07) is 7.39. The summed E-state index contributed by atoms with van der Waals surface area (Å²) >= 11 is 5.90. The highest BCUT2D eigenvalue weighted by Crippen LogP contribution is 2.11. The van der Waals surface area contributed by atoms with Crippen LogP contribution in [-0.4, -0.2) is 48.2 Å². The molecule has 1 fully saturated rings. The lowest BCUT2D eigenvalue weighted by Gasteiger charge is -2.29. The monoisotopic (exact) mass is 310 g/mol. The van der Waals surface area contributed by atoms with Crippen molar-refractivity contribution in [1.82, 2.24) is 10.2 Å². The molecule has 0 radical (unpaired) electrons. The van der Waals surface area contributed by atoms with Crippen LogP contribution in [0.5, 0.6) is 0 Å². The second-order valence-corrected chi connectivity index (χ2v) is 6.02. The minimum atomic E-state index is -0.126. The molecule has 1 aliphatic rings. The van der Waals surface area contributed by atoms with E-state index < -0.39 is 0 Å². The van der Waals surface area contributed by atoms with Crippen molar-refractivity contribution >= 4 is 17.5 Å². The Morgan fingerprint density at radius 3 is 2.86 bits per heavy atom. The summed E-state index contributed by atoms with van der Waals surface area (Å²) in [5.74, 6) is 0.0336. The number of benzene rings is 1. The third kappa shape index (κ3) is 6.04. The Labute approximate surface area is 131 Å². The summed E-state index contributed by atoms with van der Waals surface area (Å²) < 4.78 is 0. The average Bonchev–Trinajstić information content (AvgIpc) is 2.45. The van der Waals surface area contributed by atoms with Gasteiger partial charge in [-0.3, -0.25) is 4.79 Å². The van der Waals surface area contributed by atoms with E-state index >= 15 is 0 Å². The van der Waals surface area contributed by atoms with E-state index in [-0.39, 0.29) is 12.0 Å². The minimum Gasteiger partial charge on any atom is -0.393 e. The van der Waals surface area contributed by atoms with Crippen LogP contribution in [0, 0.1) is 0 Å². The maximum absolute atomic E-state index is 11.8. The number of amides is 1. The first-order chi connectivity index (χ1) is 10.1. The van der Waals surface area contributed by atoms with Gasteiger partial charge < -0.3 is 15.3 Å². The standard InChI is InChI=1S/C16H23ClN2O2/c17-14-4-1-3-13(11-14)12-16(21)18-7-2-8-19-9-5-15(20)6-10-19/h1,3-4,11,15,20H,2,5-10,12H2,(H,18,21). The molecule has 1 saturated heterocycles. The summed E-state index contributed by atoms with van der Waals surface area (Å²) in [7, 11) is 0. The highest BCUT2D eigenvalue weighted by Gasteiger charge is 2.16. The van der Waals surface area contributed by atoms with E-state index in [4.69, 9.17) is 11.6 Å². The molecule has 0 saturated carbocycles. The third-order valence-corrected chi connectivity index (χ3v) is 4.02. The normalized spacial score (nSPS) is 16.9. The Morgan fingerprint density at radius 1 is 1.38 bits per heavy atom. The molecule has 2 rings (SSSR count). The third-order valence-electron chi connectivity index (χ3n) is 3.78. The molecule has 0 spiro atoms. The van der Waals surface area contributed by atoms with Crippen molar-refractivity contribution < 1.29 is 9.90 Å². The number of likely N-dealkylation sites (tertiary alicyclic amines) is 1. The Morgan fingerprint density at radius 2 is 2.14 bits per heavy atom. The highest BCUT2D eigenvalue weighted by molar-refractivity contribution is 6.30. The minimum absolute atomic E-state index is 0.0336. The van der Waals surface area contributed by atoms with Gasteiger partial charge in [-0.15, -0.1) is 0 Å². The molecule has 2 N–H and O–H groups in total. The largest absolute Gasteiger partial charge is 0.393 e. The number of carbonyl (C=O) groups excluding carboxylic acids is 1. The Hall–Kier alpha value is -1.10. The SMILES string of the molecule is O=C(Cc1cccc(Cl)c1)NCCCN1CCC(O)CC1. The zero-order valence-corrected chi connectivity index (χ0v) is 13.0. The Bertz CT molecular complexity index is 459. The van der Waals surface area contributed by atoms with Crippen LogP contribution in [0.1, 0.15) is 24.8 Å². The molecular weight excluding hydrogens is 288 g/mol. The first-order valence-electron chi connectivity index (χ1n) is 7.55. The molecule has 0 aromatic heterocycles. The smallest absolute Gasteiger partial charge is 0.224 e. The van der Waals surface area contributed by atoms with Crippen LogP contribution in [0.15, 0.2) is 24.3 Å². The zero-order chi connectivity index (χ0) is 15.1. The lowest BCUT2D eigenvalue weighted by Crippen LogP contribution is -2.37. The van der Waals surface area contributed by atoms with Gasteiger partial charge >= 0.3 is 0 Å². The molecule has 1 aliphatic heterocycles. The second-order valence-electron chi connectivity index (χ2n) is 5.58. The number of nitrogens with one attached hydrogen (secondary N) is 1. The van der Waals surface area contributed by atoms with E-state index in [1.807, 2.05) is 18.2 Å². The van der Waals surface area contributed by atoms with Crippen molar-refractivity contribution in [3.63, 3.8) is 0 Å². The van der Waals surface area contributed by atoms with Gasteiger partial charge in [0.15, 0.2) is 0 Å². The predicted molar refractivity (Wildman–Crippen MR) is 84.5 cm³/mol. The van der Waals surface area contributed by atoms with Crippen LogP contribution in [0.2, 0.25) is 5.02 Å². The number of aliphatic hydroxyl groups is 1. The molecule has 0 unspecified atom stereocenters. The van der Waals surface area contributed by atoms with E-state index in [0.717, 1.165) is 44.5 Å². The topological polar surface area (TPSA) is 52.6 Å². The van der Waals surface area contributed by atoms with Crippen LogP contribution >= 0.6 is 11.6 Å². The maximum Gasteiger partial charge on any atom is 0.224 e. The molecule has 1 aromatic carbocycles. The lowest BCUT2D eigenvalue weighted by molar-refractivity contribution is -0.120. The Balaban J connectivity index is 1.59. The van der Waals surface area contributed by atoms with Crippen LogP contribution in [0.4, 0.5) is 0 Å². The molecular formula is C16H23ClN2O2. The van der Waals surface area contributed by atoms with Crippen LogP contribution in [0.3, 0.4) is 0 Å². The molecule has 0 aliphatic carbocycles. The van der Waals surface area contributed by atoms with E-state index in [1.54, 1.807) is 6.07 Å². The van der Waals surface area contributed by atoms with Gasteiger partial charge in [-0.2, -0.15) is 0 Å². The molecule has 0 atom stereocenters. The van der Waals surface area contributed by atoms with Crippen molar-refractivity contribution in [3.05, 3.63) is 34.9 Å². The molecule has 1 amide bonds. The quantitative estimate of drug-likeness (QED) is 0.788. The summed E-state index contributed by atoms with van der Waals surface area (Å²) in [5, 5.41) is 13.0. The first-order valence-corrected chi connectivity index (χ1v) is 7.93. The van der Waals surface area contributed by atoms with Crippen LogP contribution in [0.25, 0.3) is 0 Å². The van der Waals surface area contributed by atoms with E-state index in [9.17, 15) is 9.90 Å². The van der Waals surface area contributed by atoms with Crippen molar-refractivity contribution in [2.75, 3.05) is 26.2 Å². The van der Waals surface area contributed by atoms with Crippen molar-refractivity contribution in [2.45, 2.75) is 31.8 Å². The van der Waals surface area contributed by atoms with E-state index in [2.05, 4.69) is 10.2 Å². The molecule has 116 valence electrons. The fourth-order valence-corrected chi connectivity index (χ4v) is 2.78. The molecule has 5 heteroatoms. The van der Waals surface area contributed by atoms with E-state index in [0.29, 0.717) is 18.0 Å². The number of nitrogens with zero attached hydrogens (tertiary/aromatic N) is 1.